The molecule has 0 N–H and O–H groups in total. The Morgan fingerprint density at radius 1 is 1.03 bits per heavy atom. The molecule has 1 saturated heterocycles. The highest BCUT2D eigenvalue weighted by atomic mass is 32.2. The normalized spacial score (nSPS) is 20.3. The molecule has 1 aromatic heterocycles. The van der Waals surface area contributed by atoms with Crippen molar-refractivity contribution in [1.82, 2.24) is 15.1 Å². The summed E-state index contributed by atoms with van der Waals surface area (Å²) in [6.07, 6.45) is 3.29. The van der Waals surface area contributed by atoms with E-state index in [1.807, 2.05) is 36.1 Å². The Morgan fingerprint density at radius 2 is 1.67 bits per heavy atom. The van der Waals surface area contributed by atoms with Gasteiger partial charge in [0.05, 0.1) is 5.25 Å². The number of hydrogen-bond acceptors (Lipinski definition) is 4. The third kappa shape index (κ3) is 4.06. The Labute approximate surface area is 180 Å². The molecule has 3 atom stereocenters. The number of amides is 1. The fraction of sp³-hybridized carbons (Fsp3) is 0.375. The summed E-state index contributed by atoms with van der Waals surface area (Å²) in [6.45, 7) is 6.22. The number of likely N-dealkylation sites (tertiary alicyclic amines) is 1. The van der Waals surface area contributed by atoms with Crippen LogP contribution in [-0.2, 0) is 4.79 Å². The number of fused-ring (bicyclic) bond motifs is 1. The minimum absolute atomic E-state index is 0.160. The lowest BCUT2D eigenvalue weighted by atomic mass is 9.97. The summed E-state index contributed by atoms with van der Waals surface area (Å²) in [4.78, 5) is 15.2. The van der Waals surface area contributed by atoms with Gasteiger partial charge in [-0.1, -0.05) is 36.0 Å². The van der Waals surface area contributed by atoms with Crippen molar-refractivity contribution < 1.29 is 9.18 Å². The van der Waals surface area contributed by atoms with Gasteiger partial charge in [-0.3, -0.25) is 4.79 Å². The molecular formula is C24H26FN3OS. The molecule has 2 heterocycles. The van der Waals surface area contributed by atoms with Crippen LogP contribution in [0.5, 0.6) is 0 Å². The van der Waals surface area contributed by atoms with Crippen molar-refractivity contribution in [2.45, 2.75) is 62.4 Å². The quantitative estimate of drug-likeness (QED) is 0.505. The Morgan fingerprint density at radius 3 is 2.33 bits per heavy atom. The van der Waals surface area contributed by atoms with Crippen LogP contribution in [0, 0.1) is 5.82 Å². The van der Waals surface area contributed by atoms with E-state index in [-0.39, 0.29) is 29.1 Å². The molecule has 30 heavy (non-hydrogen) atoms. The zero-order valence-corrected chi connectivity index (χ0v) is 18.3. The van der Waals surface area contributed by atoms with Gasteiger partial charge in [-0.25, -0.2) is 4.39 Å². The SMILES string of the molecule is C[C@@H]1CCC[C@H](C)N1C(=O)[C@@H](C)Sc1nnc(-c2ccc(F)cc2)c2ccccc12. The number of piperidine rings is 1. The van der Waals surface area contributed by atoms with Gasteiger partial charge in [0.1, 0.15) is 16.5 Å². The van der Waals surface area contributed by atoms with Crippen LogP contribution in [-0.4, -0.2) is 38.3 Å². The van der Waals surface area contributed by atoms with E-state index >= 15 is 0 Å². The maximum atomic E-state index is 13.3. The average molecular weight is 424 g/mol. The van der Waals surface area contributed by atoms with Gasteiger partial charge < -0.3 is 4.90 Å². The first-order chi connectivity index (χ1) is 14.5. The molecule has 6 heteroatoms. The molecule has 0 unspecified atom stereocenters. The molecule has 4 nitrogen and oxygen atoms in total. The standard InChI is InChI=1S/C24H26FN3OS/c1-15-7-6-8-16(2)28(15)24(29)17(3)30-23-21-10-5-4-9-20(21)22(26-27-23)18-11-13-19(25)14-12-18/h4-5,9-17H,6-8H2,1-3H3/t15-,16+,17-/m1/s1. The van der Waals surface area contributed by atoms with Gasteiger partial charge in [-0.05, 0) is 64.3 Å². The van der Waals surface area contributed by atoms with E-state index in [1.165, 1.54) is 30.3 Å². The van der Waals surface area contributed by atoms with E-state index in [0.717, 1.165) is 34.2 Å². The molecule has 0 bridgehead atoms. The molecule has 1 fully saturated rings. The Kier molecular flexibility index (Phi) is 6.04. The highest BCUT2D eigenvalue weighted by molar-refractivity contribution is 8.00. The summed E-state index contributed by atoms with van der Waals surface area (Å²) in [6, 6.07) is 14.7. The third-order valence-electron chi connectivity index (χ3n) is 5.86. The van der Waals surface area contributed by atoms with E-state index in [0.29, 0.717) is 5.69 Å². The molecule has 3 aromatic rings. The number of rotatable bonds is 4. The highest BCUT2D eigenvalue weighted by Crippen LogP contribution is 2.35. The first-order valence-electron chi connectivity index (χ1n) is 10.5. The van der Waals surface area contributed by atoms with Crippen molar-refractivity contribution in [3.05, 3.63) is 54.3 Å². The average Bonchev–Trinajstić information content (AvgIpc) is 2.74. The minimum Gasteiger partial charge on any atom is -0.336 e. The van der Waals surface area contributed by atoms with Crippen LogP contribution in [0.25, 0.3) is 22.0 Å². The molecule has 1 aliphatic heterocycles. The van der Waals surface area contributed by atoms with Crippen LogP contribution in [0.4, 0.5) is 4.39 Å². The largest absolute Gasteiger partial charge is 0.336 e. The van der Waals surface area contributed by atoms with Crippen LogP contribution >= 0.6 is 11.8 Å². The van der Waals surface area contributed by atoms with Crippen molar-refractivity contribution in [2.75, 3.05) is 0 Å². The number of aromatic nitrogens is 2. The molecule has 0 aliphatic carbocycles. The molecule has 1 amide bonds. The molecule has 2 aromatic carbocycles. The summed E-state index contributed by atoms with van der Waals surface area (Å²) in [5.41, 5.74) is 1.53. The van der Waals surface area contributed by atoms with Crippen LogP contribution in [0.15, 0.2) is 53.6 Å². The summed E-state index contributed by atoms with van der Waals surface area (Å²) >= 11 is 1.46. The Bertz CT molecular complexity index is 1050. The Balaban J connectivity index is 1.64. The number of thioether (sulfide) groups is 1. The van der Waals surface area contributed by atoms with E-state index in [1.54, 1.807) is 12.1 Å². The smallest absolute Gasteiger partial charge is 0.236 e. The van der Waals surface area contributed by atoms with Gasteiger partial charge >= 0.3 is 0 Å². The highest BCUT2D eigenvalue weighted by Gasteiger charge is 2.32. The van der Waals surface area contributed by atoms with E-state index in [2.05, 4.69) is 24.0 Å². The first kappa shape index (κ1) is 20.8. The van der Waals surface area contributed by atoms with Gasteiger partial charge in [0, 0.05) is 28.4 Å². The zero-order chi connectivity index (χ0) is 21.3. The lowest BCUT2D eigenvalue weighted by molar-refractivity contribution is -0.136. The monoisotopic (exact) mass is 423 g/mol. The number of carbonyl (C=O) groups is 1. The lowest BCUT2D eigenvalue weighted by Gasteiger charge is -2.40. The fourth-order valence-electron chi connectivity index (χ4n) is 4.27. The molecule has 0 radical (unpaired) electrons. The summed E-state index contributed by atoms with van der Waals surface area (Å²) in [5, 5.41) is 11.3. The number of carbonyl (C=O) groups excluding carboxylic acids is 1. The van der Waals surface area contributed by atoms with Crippen molar-refractivity contribution in [3.8, 4) is 11.3 Å². The molecule has 1 aliphatic rings. The van der Waals surface area contributed by atoms with E-state index in [4.69, 9.17) is 0 Å². The first-order valence-corrected chi connectivity index (χ1v) is 11.3. The van der Waals surface area contributed by atoms with E-state index < -0.39 is 0 Å². The number of nitrogens with zero attached hydrogens (tertiary/aromatic N) is 3. The summed E-state index contributed by atoms with van der Waals surface area (Å²) in [7, 11) is 0. The Hall–Kier alpha value is -2.47. The van der Waals surface area contributed by atoms with Crippen molar-refractivity contribution in [1.29, 1.82) is 0 Å². The van der Waals surface area contributed by atoms with Crippen molar-refractivity contribution in [2.24, 2.45) is 0 Å². The maximum Gasteiger partial charge on any atom is 0.236 e. The second-order valence-corrected chi connectivity index (χ2v) is 9.37. The minimum atomic E-state index is -0.281. The van der Waals surface area contributed by atoms with Gasteiger partial charge in [0.2, 0.25) is 5.91 Å². The van der Waals surface area contributed by atoms with E-state index in [9.17, 15) is 9.18 Å². The van der Waals surface area contributed by atoms with Crippen LogP contribution in [0.2, 0.25) is 0 Å². The predicted molar refractivity (Wildman–Crippen MR) is 120 cm³/mol. The number of benzene rings is 2. The van der Waals surface area contributed by atoms with Crippen LogP contribution in [0.3, 0.4) is 0 Å². The van der Waals surface area contributed by atoms with Crippen molar-refractivity contribution in [3.63, 3.8) is 0 Å². The van der Waals surface area contributed by atoms with Crippen LogP contribution < -0.4 is 0 Å². The molecule has 4 rings (SSSR count). The topological polar surface area (TPSA) is 46.1 Å². The van der Waals surface area contributed by atoms with Crippen LogP contribution in [0.1, 0.15) is 40.0 Å². The summed E-state index contributed by atoms with van der Waals surface area (Å²) < 4.78 is 13.3. The number of halogens is 1. The van der Waals surface area contributed by atoms with Gasteiger partial charge in [-0.15, -0.1) is 10.2 Å². The second kappa shape index (κ2) is 8.72. The third-order valence-corrected chi connectivity index (χ3v) is 6.94. The summed E-state index contributed by atoms with van der Waals surface area (Å²) in [5.74, 6) is -0.120. The fourth-order valence-corrected chi connectivity index (χ4v) is 5.22. The number of hydrogen-bond donors (Lipinski definition) is 0. The molecule has 156 valence electrons. The predicted octanol–water partition coefficient (Wildman–Crippen LogP) is 5.71. The van der Waals surface area contributed by atoms with Crippen molar-refractivity contribution >= 4 is 28.4 Å². The molecular weight excluding hydrogens is 397 g/mol. The lowest BCUT2D eigenvalue weighted by Crippen LogP contribution is -2.50. The maximum absolute atomic E-state index is 13.3. The molecule has 0 spiro atoms. The van der Waals surface area contributed by atoms with Gasteiger partial charge in [-0.2, -0.15) is 0 Å². The zero-order valence-electron chi connectivity index (χ0n) is 17.5. The van der Waals surface area contributed by atoms with Gasteiger partial charge in [0.25, 0.3) is 0 Å². The second-order valence-electron chi connectivity index (χ2n) is 8.04. The molecule has 0 saturated carbocycles. The van der Waals surface area contributed by atoms with Gasteiger partial charge in [0.15, 0.2) is 0 Å².